The molecule has 1 aromatic rings. The summed E-state index contributed by atoms with van der Waals surface area (Å²) in [6.45, 7) is 9.26. The van der Waals surface area contributed by atoms with Crippen molar-refractivity contribution in [3.8, 4) is 0 Å². The van der Waals surface area contributed by atoms with Gasteiger partial charge in [-0.25, -0.2) is 0 Å². The number of carbonyl (C=O) groups excluding carboxylic acids is 1. The van der Waals surface area contributed by atoms with E-state index in [0.29, 0.717) is 31.3 Å². The molecular weight excluding hydrogens is 227 g/mol. The maximum absolute atomic E-state index is 11.6. The van der Waals surface area contributed by atoms with Gasteiger partial charge in [0.2, 0.25) is 0 Å². The van der Waals surface area contributed by atoms with Gasteiger partial charge >= 0.3 is 81.2 Å². The topological polar surface area (TPSA) is 58.2 Å². The van der Waals surface area contributed by atoms with Gasteiger partial charge in [-0.2, -0.15) is 0 Å². The number of hydrogen-bond acceptors (Lipinski definition) is 3. The Labute approximate surface area is 109 Å². The van der Waals surface area contributed by atoms with E-state index in [2.05, 4.69) is 10.6 Å². The molecule has 5 heteroatoms. The molecule has 0 saturated heterocycles. The van der Waals surface area contributed by atoms with E-state index in [9.17, 15) is 9.50 Å². The van der Waals surface area contributed by atoms with E-state index in [1.807, 2.05) is 27.7 Å². The van der Waals surface area contributed by atoms with Crippen molar-refractivity contribution >= 4 is 24.2 Å². The average Bonchev–Trinajstić information content (AvgIpc) is 2.65. The molecule has 1 aromatic carbocycles. The number of anilines is 1. The number of benzene rings is 1. The van der Waals surface area contributed by atoms with E-state index < -0.39 is 0 Å². The summed E-state index contributed by atoms with van der Waals surface area (Å²) in [5.41, 5.74) is 1.60. The standard InChI is InChI=1S/C9H9BN2O2.2C2H6/c13-9-8-6(10-14)2-1-3-7(8)11-4-5-12-9;2*1-2/h1-3,11H,4-5H2,(H,12,13);2*1-2H3. The molecule has 0 bridgehead atoms. The van der Waals surface area contributed by atoms with Gasteiger partial charge in [-0.1, -0.05) is 27.7 Å². The van der Waals surface area contributed by atoms with Gasteiger partial charge < -0.3 is 0 Å². The predicted molar refractivity (Wildman–Crippen MR) is 76.0 cm³/mol. The van der Waals surface area contributed by atoms with Gasteiger partial charge in [-0.05, 0) is 0 Å². The molecule has 0 atom stereocenters. The molecule has 0 radical (unpaired) electrons. The zero-order valence-electron chi connectivity index (χ0n) is 11.5. The van der Waals surface area contributed by atoms with Crippen LogP contribution in [0.3, 0.4) is 0 Å². The summed E-state index contributed by atoms with van der Waals surface area (Å²) in [7, 11) is 0.700. The molecule has 0 spiro atoms. The van der Waals surface area contributed by atoms with Gasteiger partial charge in [0.1, 0.15) is 0 Å². The fourth-order valence-corrected chi connectivity index (χ4v) is 1.53. The van der Waals surface area contributed by atoms with Crippen LogP contribution in [0.4, 0.5) is 5.69 Å². The van der Waals surface area contributed by atoms with Crippen molar-refractivity contribution in [1.29, 1.82) is 0 Å². The van der Waals surface area contributed by atoms with E-state index in [0.717, 1.165) is 5.69 Å². The van der Waals surface area contributed by atoms with Gasteiger partial charge in [0.15, 0.2) is 0 Å². The summed E-state index contributed by atoms with van der Waals surface area (Å²) in [5, 5.41) is 5.80. The van der Waals surface area contributed by atoms with Crippen LogP contribution in [0.25, 0.3) is 0 Å². The summed E-state index contributed by atoms with van der Waals surface area (Å²) in [6.07, 6.45) is 0. The Hall–Kier alpha value is -1.65. The fraction of sp³-hybridized carbons (Fsp3) is 0.462. The Bertz CT molecular complexity index is 395. The second kappa shape index (κ2) is 9.39. The van der Waals surface area contributed by atoms with Crippen LogP contribution in [-0.2, 0) is 4.70 Å². The van der Waals surface area contributed by atoms with Crippen LogP contribution in [0.2, 0.25) is 0 Å². The quantitative estimate of drug-likeness (QED) is 0.741. The SMILES string of the molecule is CC.CC.O=Bc1cccc2c1C(=O)NCCN2. The van der Waals surface area contributed by atoms with Crippen LogP contribution in [0.1, 0.15) is 38.1 Å². The monoisotopic (exact) mass is 248 g/mol. The number of amides is 1. The molecule has 4 nitrogen and oxygen atoms in total. The molecular formula is C13H21BN2O2. The minimum absolute atomic E-state index is 0.187. The van der Waals surface area contributed by atoms with Crippen LogP contribution in [0.5, 0.6) is 0 Å². The number of fused-ring (bicyclic) bond motifs is 1. The Morgan fingerprint density at radius 2 is 1.67 bits per heavy atom. The van der Waals surface area contributed by atoms with Gasteiger partial charge in [-0.3, -0.25) is 0 Å². The van der Waals surface area contributed by atoms with E-state index in [-0.39, 0.29) is 5.91 Å². The van der Waals surface area contributed by atoms with E-state index in [4.69, 9.17) is 0 Å². The normalized spacial score (nSPS) is 11.9. The molecule has 1 heterocycles. The summed E-state index contributed by atoms with van der Waals surface area (Å²) >= 11 is 0. The van der Waals surface area contributed by atoms with Crippen molar-refractivity contribution in [1.82, 2.24) is 5.32 Å². The van der Waals surface area contributed by atoms with Crippen molar-refractivity contribution in [2.75, 3.05) is 18.4 Å². The molecule has 98 valence electrons. The first kappa shape index (κ1) is 16.4. The Morgan fingerprint density at radius 3 is 2.28 bits per heavy atom. The second-order valence-electron chi connectivity index (χ2n) is 3.07. The van der Waals surface area contributed by atoms with Crippen molar-refractivity contribution in [3.63, 3.8) is 0 Å². The van der Waals surface area contributed by atoms with Gasteiger partial charge in [0.25, 0.3) is 0 Å². The summed E-state index contributed by atoms with van der Waals surface area (Å²) in [4.78, 5) is 11.6. The molecule has 1 aliphatic rings. The van der Waals surface area contributed by atoms with Crippen molar-refractivity contribution in [3.05, 3.63) is 23.8 Å². The number of carbonyl (C=O) groups is 1. The van der Waals surface area contributed by atoms with Crippen molar-refractivity contribution in [2.24, 2.45) is 0 Å². The molecule has 2 rings (SSSR count). The maximum atomic E-state index is 11.6. The second-order valence-corrected chi connectivity index (χ2v) is 3.07. The fourth-order valence-electron chi connectivity index (χ4n) is 1.53. The molecule has 0 fully saturated rings. The zero-order chi connectivity index (χ0) is 14.0. The zero-order valence-corrected chi connectivity index (χ0v) is 11.5. The summed E-state index contributed by atoms with van der Waals surface area (Å²) < 4.78 is 10.7. The predicted octanol–water partition coefficient (Wildman–Crippen LogP) is 1.57. The molecule has 0 aromatic heterocycles. The molecule has 0 aliphatic carbocycles. The average molecular weight is 248 g/mol. The molecule has 2 N–H and O–H groups in total. The van der Waals surface area contributed by atoms with Crippen molar-refractivity contribution < 1.29 is 9.50 Å². The molecule has 18 heavy (non-hydrogen) atoms. The first-order chi connectivity index (χ1) is 8.83. The molecule has 1 aliphatic heterocycles. The van der Waals surface area contributed by atoms with Crippen LogP contribution in [0, 0.1) is 0 Å². The summed E-state index contributed by atoms with van der Waals surface area (Å²) in [5.74, 6) is -0.187. The third-order valence-electron chi connectivity index (χ3n) is 2.18. The Balaban J connectivity index is 0.000000659. The van der Waals surface area contributed by atoms with Gasteiger partial charge in [0.05, 0.1) is 0 Å². The minimum atomic E-state index is -0.187. The van der Waals surface area contributed by atoms with Crippen LogP contribution in [0.15, 0.2) is 18.2 Å². The number of hydrogen-bond donors (Lipinski definition) is 2. The van der Waals surface area contributed by atoms with Crippen LogP contribution in [-0.4, -0.2) is 26.1 Å². The number of nitrogens with one attached hydrogen (secondary N) is 2. The number of rotatable bonds is 1. The van der Waals surface area contributed by atoms with Crippen LogP contribution >= 0.6 is 0 Å². The first-order valence-electron chi connectivity index (χ1n) is 6.43. The molecule has 0 unspecified atom stereocenters. The molecule has 0 saturated carbocycles. The summed E-state index contributed by atoms with van der Waals surface area (Å²) in [6, 6.07) is 5.19. The van der Waals surface area contributed by atoms with Crippen molar-refractivity contribution in [2.45, 2.75) is 27.7 Å². The van der Waals surface area contributed by atoms with E-state index >= 15 is 0 Å². The third-order valence-corrected chi connectivity index (χ3v) is 2.18. The first-order valence-corrected chi connectivity index (χ1v) is 6.43. The van der Waals surface area contributed by atoms with E-state index in [1.54, 1.807) is 18.2 Å². The third kappa shape index (κ3) is 3.98. The Kier molecular flexibility index (Phi) is 8.53. The van der Waals surface area contributed by atoms with Crippen LogP contribution < -0.4 is 16.1 Å². The van der Waals surface area contributed by atoms with E-state index in [1.165, 1.54) is 0 Å². The molecule has 1 amide bonds. The van der Waals surface area contributed by atoms with Gasteiger partial charge in [0, 0.05) is 0 Å². The van der Waals surface area contributed by atoms with Gasteiger partial charge in [-0.15, -0.1) is 0 Å². The Morgan fingerprint density at radius 1 is 1.06 bits per heavy atom.